The monoisotopic (exact) mass is 278 g/mol. The number of thioether (sulfide) groups is 1. The Bertz CT molecular complexity index is 264. The third-order valence-corrected chi connectivity index (χ3v) is 3.91. The minimum atomic E-state index is 0. The van der Waals surface area contributed by atoms with Crippen LogP contribution in [0.25, 0.3) is 0 Å². The molecular weight excluding hydrogens is 256 g/mol. The van der Waals surface area contributed by atoms with Gasteiger partial charge >= 0.3 is 0 Å². The van der Waals surface area contributed by atoms with E-state index in [1.807, 2.05) is 0 Å². The molecule has 0 radical (unpaired) electrons. The Labute approximate surface area is 115 Å². The molecule has 3 nitrogen and oxygen atoms in total. The molecule has 0 aromatic rings. The first-order valence-corrected chi connectivity index (χ1v) is 6.82. The smallest absolute Gasteiger partial charge is 0.150 e. The van der Waals surface area contributed by atoms with Crippen LogP contribution in [0.1, 0.15) is 34.6 Å². The van der Waals surface area contributed by atoms with Gasteiger partial charge in [0.25, 0.3) is 0 Å². The second-order valence-electron chi connectivity index (χ2n) is 4.72. The van der Waals surface area contributed by atoms with Crippen molar-refractivity contribution in [2.75, 3.05) is 5.75 Å². The molecule has 5 heteroatoms. The Balaban J connectivity index is 0.00000256. The maximum atomic E-state index is 11.1. The molecule has 100 valence electrons. The standard InChI is InChI=1S/C12H22N2OS.ClH/c1-9(2)13-6-7-14(10(3)4)12(13)16-8-11(5)15;/h6-7,9-10,12H,8H2,1-5H3;1H. The van der Waals surface area contributed by atoms with Crippen LogP contribution in [0.2, 0.25) is 0 Å². The molecule has 1 aliphatic heterocycles. The fraction of sp³-hybridized carbons (Fsp3) is 0.750. The second-order valence-corrected chi connectivity index (χ2v) is 5.76. The van der Waals surface area contributed by atoms with Crippen molar-refractivity contribution < 1.29 is 4.79 Å². The van der Waals surface area contributed by atoms with E-state index in [4.69, 9.17) is 0 Å². The Kier molecular flexibility index (Phi) is 7.02. The van der Waals surface area contributed by atoms with Crippen LogP contribution >= 0.6 is 24.2 Å². The summed E-state index contributed by atoms with van der Waals surface area (Å²) in [4.78, 5) is 15.7. The average Bonchev–Trinajstić information content (AvgIpc) is 2.57. The van der Waals surface area contributed by atoms with Crippen LogP contribution in [0.3, 0.4) is 0 Å². The van der Waals surface area contributed by atoms with Crippen molar-refractivity contribution in [2.24, 2.45) is 0 Å². The van der Waals surface area contributed by atoms with Crippen molar-refractivity contribution >= 4 is 30.0 Å². The Morgan fingerprint density at radius 1 is 1.18 bits per heavy atom. The number of hydrogen-bond donors (Lipinski definition) is 0. The molecule has 0 bridgehead atoms. The van der Waals surface area contributed by atoms with Gasteiger partial charge in [-0.3, -0.25) is 4.79 Å². The molecule has 0 saturated heterocycles. The van der Waals surface area contributed by atoms with E-state index in [0.29, 0.717) is 17.8 Å². The van der Waals surface area contributed by atoms with Crippen molar-refractivity contribution in [2.45, 2.75) is 52.2 Å². The van der Waals surface area contributed by atoms with Gasteiger partial charge < -0.3 is 9.80 Å². The van der Waals surface area contributed by atoms with Crippen LogP contribution in [0.15, 0.2) is 12.4 Å². The molecule has 0 spiro atoms. The van der Waals surface area contributed by atoms with Gasteiger partial charge in [0.15, 0.2) is 5.50 Å². The van der Waals surface area contributed by atoms with E-state index in [9.17, 15) is 4.79 Å². The minimum Gasteiger partial charge on any atom is -0.345 e. The fourth-order valence-corrected chi connectivity index (χ4v) is 3.03. The normalized spacial score (nSPS) is 15.9. The Morgan fingerprint density at radius 2 is 1.59 bits per heavy atom. The molecule has 0 fully saturated rings. The lowest BCUT2D eigenvalue weighted by Crippen LogP contribution is -2.42. The highest BCUT2D eigenvalue weighted by molar-refractivity contribution is 8.00. The molecule has 0 unspecified atom stereocenters. The van der Waals surface area contributed by atoms with Gasteiger partial charge in [0, 0.05) is 24.5 Å². The van der Waals surface area contributed by atoms with Crippen molar-refractivity contribution in [1.82, 2.24) is 9.80 Å². The first-order valence-electron chi connectivity index (χ1n) is 5.77. The third-order valence-electron chi connectivity index (χ3n) is 2.55. The number of hydrogen-bond acceptors (Lipinski definition) is 4. The molecule has 1 aliphatic rings. The first-order chi connectivity index (χ1) is 7.43. The predicted octanol–water partition coefficient (Wildman–Crippen LogP) is 2.92. The van der Waals surface area contributed by atoms with Gasteiger partial charge in [-0.05, 0) is 34.6 Å². The van der Waals surface area contributed by atoms with E-state index in [1.54, 1.807) is 18.7 Å². The van der Waals surface area contributed by atoms with Crippen LogP contribution < -0.4 is 0 Å². The van der Waals surface area contributed by atoms with Crippen LogP contribution in [-0.2, 0) is 4.79 Å². The molecule has 0 aromatic carbocycles. The number of rotatable bonds is 5. The number of carbonyl (C=O) groups excluding carboxylic acids is 1. The van der Waals surface area contributed by atoms with Crippen LogP contribution in [0.5, 0.6) is 0 Å². The summed E-state index contributed by atoms with van der Waals surface area (Å²) in [6.45, 7) is 10.4. The zero-order valence-electron chi connectivity index (χ0n) is 11.2. The topological polar surface area (TPSA) is 23.6 Å². The van der Waals surface area contributed by atoms with Gasteiger partial charge in [-0.2, -0.15) is 0 Å². The van der Waals surface area contributed by atoms with Gasteiger partial charge in [0.05, 0.1) is 5.75 Å². The van der Waals surface area contributed by atoms with Crippen molar-refractivity contribution in [3.05, 3.63) is 12.4 Å². The first kappa shape index (κ1) is 16.6. The third kappa shape index (κ3) is 4.43. The molecule has 0 aliphatic carbocycles. The quantitative estimate of drug-likeness (QED) is 0.772. The van der Waals surface area contributed by atoms with Crippen LogP contribution in [-0.4, -0.2) is 38.9 Å². The molecule has 0 saturated carbocycles. The van der Waals surface area contributed by atoms with Gasteiger partial charge in [0.2, 0.25) is 0 Å². The second kappa shape index (κ2) is 7.17. The van der Waals surface area contributed by atoms with E-state index in [-0.39, 0.29) is 23.7 Å². The number of Topliss-reactive ketones (excluding diaryl/α,β-unsaturated/α-hetero) is 1. The molecule has 1 rings (SSSR count). The van der Waals surface area contributed by atoms with E-state index < -0.39 is 0 Å². The summed E-state index contributed by atoms with van der Waals surface area (Å²) in [6, 6.07) is 0.925. The molecule has 0 N–H and O–H groups in total. The largest absolute Gasteiger partial charge is 0.345 e. The lowest BCUT2D eigenvalue weighted by molar-refractivity contribution is -0.114. The molecule has 17 heavy (non-hydrogen) atoms. The summed E-state index contributed by atoms with van der Waals surface area (Å²) < 4.78 is 0. The minimum absolute atomic E-state index is 0. The molecule has 0 atom stereocenters. The lowest BCUT2D eigenvalue weighted by atomic mass is 10.3. The SMILES string of the molecule is CC(=O)CSC1N(C(C)C)C=CN1C(C)C.Cl. The highest BCUT2D eigenvalue weighted by Gasteiger charge is 2.29. The predicted molar refractivity (Wildman–Crippen MR) is 77.3 cm³/mol. The Hall–Kier alpha value is -0.350. The number of nitrogens with zero attached hydrogens (tertiary/aromatic N) is 2. The van der Waals surface area contributed by atoms with E-state index >= 15 is 0 Å². The molecular formula is C12H23ClN2OS. The molecule has 0 aromatic heterocycles. The van der Waals surface area contributed by atoms with Gasteiger partial charge in [-0.15, -0.1) is 24.2 Å². The van der Waals surface area contributed by atoms with Crippen LogP contribution in [0.4, 0.5) is 0 Å². The van der Waals surface area contributed by atoms with Gasteiger partial charge in [-0.25, -0.2) is 0 Å². The van der Waals surface area contributed by atoms with Crippen LogP contribution in [0, 0.1) is 0 Å². The lowest BCUT2D eigenvalue weighted by Gasteiger charge is -2.36. The summed E-state index contributed by atoms with van der Waals surface area (Å²) in [5, 5.41) is 0. The highest BCUT2D eigenvalue weighted by atomic mass is 35.5. The Morgan fingerprint density at radius 3 is 1.88 bits per heavy atom. The maximum Gasteiger partial charge on any atom is 0.150 e. The highest BCUT2D eigenvalue weighted by Crippen LogP contribution is 2.29. The van der Waals surface area contributed by atoms with Gasteiger partial charge in [-0.1, -0.05) is 0 Å². The zero-order valence-corrected chi connectivity index (χ0v) is 12.8. The number of halogens is 1. The average molecular weight is 279 g/mol. The van der Waals surface area contributed by atoms with Crippen molar-refractivity contribution in [3.63, 3.8) is 0 Å². The fourth-order valence-electron chi connectivity index (χ4n) is 1.67. The number of carbonyl (C=O) groups is 1. The summed E-state index contributed by atoms with van der Waals surface area (Å²) in [5.41, 5.74) is 0.267. The van der Waals surface area contributed by atoms with E-state index in [2.05, 4.69) is 49.9 Å². The number of ketones is 1. The zero-order chi connectivity index (χ0) is 12.3. The molecule has 0 amide bonds. The van der Waals surface area contributed by atoms with Crippen molar-refractivity contribution in [3.8, 4) is 0 Å². The van der Waals surface area contributed by atoms with Crippen molar-refractivity contribution in [1.29, 1.82) is 0 Å². The summed E-state index contributed by atoms with van der Waals surface area (Å²) in [7, 11) is 0. The molecule has 1 heterocycles. The van der Waals surface area contributed by atoms with Gasteiger partial charge in [0.1, 0.15) is 5.78 Å². The van der Waals surface area contributed by atoms with E-state index in [1.165, 1.54) is 0 Å². The van der Waals surface area contributed by atoms with E-state index in [0.717, 1.165) is 0 Å². The summed E-state index contributed by atoms with van der Waals surface area (Å²) in [6.07, 6.45) is 4.25. The summed E-state index contributed by atoms with van der Waals surface area (Å²) >= 11 is 1.70. The maximum absolute atomic E-state index is 11.1. The summed E-state index contributed by atoms with van der Waals surface area (Å²) in [5.74, 6) is 0.822.